The normalized spacial score (nSPS) is 32.4. The molecule has 2 unspecified atom stereocenters. The van der Waals surface area contributed by atoms with Crippen LogP contribution in [0.3, 0.4) is 0 Å². The van der Waals surface area contributed by atoms with Crippen LogP contribution in [0.15, 0.2) is 12.2 Å². The molecule has 0 saturated carbocycles. The lowest BCUT2D eigenvalue weighted by atomic mass is 10.2. The largest absolute Gasteiger partial charge is 0.432 e. The molecular formula is C8H12O3. The van der Waals surface area contributed by atoms with E-state index >= 15 is 0 Å². The molecule has 1 saturated heterocycles. The highest BCUT2D eigenvalue weighted by Gasteiger charge is 2.23. The first-order valence-electron chi connectivity index (χ1n) is 3.70. The number of rotatable bonds is 1. The molecule has 0 aromatic carbocycles. The Morgan fingerprint density at radius 2 is 2.36 bits per heavy atom. The van der Waals surface area contributed by atoms with Crippen LogP contribution in [0.25, 0.3) is 0 Å². The molecule has 0 N–H and O–H groups in total. The molecule has 0 bridgehead atoms. The third kappa shape index (κ3) is 2.35. The summed E-state index contributed by atoms with van der Waals surface area (Å²) < 4.78 is 10.1. The van der Waals surface area contributed by atoms with Crippen LogP contribution in [0, 0.1) is 0 Å². The van der Waals surface area contributed by atoms with Crippen LogP contribution >= 0.6 is 0 Å². The monoisotopic (exact) mass is 156 g/mol. The molecule has 1 aliphatic rings. The number of allylic oxidation sites excluding steroid dienone is 1. The van der Waals surface area contributed by atoms with Crippen molar-refractivity contribution in [3.8, 4) is 0 Å². The van der Waals surface area contributed by atoms with Gasteiger partial charge in [-0.15, -0.1) is 0 Å². The van der Waals surface area contributed by atoms with E-state index in [1.54, 1.807) is 12.2 Å². The minimum Gasteiger partial charge on any atom is -0.432 e. The Morgan fingerprint density at radius 3 is 2.91 bits per heavy atom. The van der Waals surface area contributed by atoms with Crippen LogP contribution in [-0.4, -0.2) is 18.4 Å². The van der Waals surface area contributed by atoms with E-state index in [0.717, 1.165) is 0 Å². The third-order valence-corrected chi connectivity index (χ3v) is 1.42. The van der Waals surface area contributed by atoms with Crippen LogP contribution in [-0.2, 0) is 14.3 Å². The molecule has 1 rings (SSSR count). The van der Waals surface area contributed by atoms with Gasteiger partial charge in [-0.25, -0.2) is 0 Å². The Bertz CT molecular complexity index is 174. The van der Waals surface area contributed by atoms with Crippen LogP contribution in [0.4, 0.5) is 0 Å². The quantitative estimate of drug-likeness (QED) is 0.423. The highest BCUT2D eigenvalue weighted by atomic mass is 16.7. The van der Waals surface area contributed by atoms with Gasteiger partial charge in [-0.3, -0.25) is 4.79 Å². The number of carbonyl (C=O) groups excluding carboxylic acids is 1. The molecule has 1 heterocycles. The Hall–Kier alpha value is -0.830. The molecule has 1 fully saturated rings. The molecule has 0 amide bonds. The maximum Gasteiger partial charge on any atom is 0.310 e. The molecule has 1 aliphatic heterocycles. The van der Waals surface area contributed by atoms with E-state index in [1.807, 2.05) is 13.8 Å². The van der Waals surface area contributed by atoms with Crippen molar-refractivity contribution in [3.05, 3.63) is 12.2 Å². The lowest BCUT2D eigenvalue weighted by Crippen LogP contribution is -2.32. The molecule has 0 aliphatic carbocycles. The first-order chi connectivity index (χ1) is 5.22. The molecule has 62 valence electrons. The number of carbonyl (C=O) groups is 1. The molecular weight excluding hydrogens is 144 g/mol. The van der Waals surface area contributed by atoms with Gasteiger partial charge in [0.25, 0.3) is 0 Å². The van der Waals surface area contributed by atoms with Gasteiger partial charge in [0, 0.05) is 0 Å². The predicted octanol–water partition coefficient (Wildman–Crippen LogP) is 1.24. The molecule has 0 aromatic heterocycles. The predicted molar refractivity (Wildman–Crippen MR) is 39.9 cm³/mol. The zero-order valence-corrected chi connectivity index (χ0v) is 6.74. The number of esters is 1. The van der Waals surface area contributed by atoms with Gasteiger partial charge in [0.2, 0.25) is 6.29 Å². The standard InChI is InChI=1S/C8H12O3/c1-3-4-8-10-6(2)5-7(9)11-8/h3-4,6,8H,5H2,1-2H3. The lowest BCUT2D eigenvalue weighted by Gasteiger charge is -2.24. The van der Waals surface area contributed by atoms with Gasteiger partial charge in [0.1, 0.15) is 0 Å². The summed E-state index contributed by atoms with van der Waals surface area (Å²) in [6, 6.07) is 0. The first kappa shape index (κ1) is 8.27. The number of cyclic esters (lactones) is 1. The summed E-state index contributed by atoms with van der Waals surface area (Å²) >= 11 is 0. The van der Waals surface area contributed by atoms with Gasteiger partial charge in [-0.1, -0.05) is 6.08 Å². The Kier molecular flexibility index (Phi) is 2.65. The van der Waals surface area contributed by atoms with Gasteiger partial charge in [0.15, 0.2) is 0 Å². The Balaban J connectivity index is 2.49. The van der Waals surface area contributed by atoms with E-state index in [9.17, 15) is 4.79 Å². The number of hydrogen-bond donors (Lipinski definition) is 0. The van der Waals surface area contributed by atoms with E-state index in [0.29, 0.717) is 6.42 Å². The van der Waals surface area contributed by atoms with Crippen molar-refractivity contribution in [1.29, 1.82) is 0 Å². The average Bonchev–Trinajstić information content (AvgIpc) is 1.85. The molecule has 3 nitrogen and oxygen atoms in total. The first-order valence-corrected chi connectivity index (χ1v) is 3.70. The maximum absolute atomic E-state index is 10.8. The summed E-state index contributed by atoms with van der Waals surface area (Å²) in [4.78, 5) is 10.8. The van der Waals surface area contributed by atoms with Gasteiger partial charge < -0.3 is 9.47 Å². The van der Waals surface area contributed by atoms with E-state index in [4.69, 9.17) is 9.47 Å². The van der Waals surface area contributed by atoms with Crippen LogP contribution in [0.2, 0.25) is 0 Å². The summed E-state index contributed by atoms with van der Waals surface area (Å²) in [6.45, 7) is 3.72. The van der Waals surface area contributed by atoms with Gasteiger partial charge in [-0.05, 0) is 19.9 Å². The zero-order chi connectivity index (χ0) is 8.27. The molecule has 11 heavy (non-hydrogen) atoms. The van der Waals surface area contributed by atoms with E-state index in [2.05, 4.69) is 0 Å². The van der Waals surface area contributed by atoms with Gasteiger partial charge in [0.05, 0.1) is 12.5 Å². The minimum absolute atomic E-state index is 0.0301. The fraction of sp³-hybridized carbons (Fsp3) is 0.625. The summed E-state index contributed by atoms with van der Waals surface area (Å²) in [5, 5.41) is 0. The highest BCUT2D eigenvalue weighted by Crippen LogP contribution is 2.13. The number of hydrogen-bond acceptors (Lipinski definition) is 3. The van der Waals surface area contributed by atoms with Crippen molar-refractivity contribution in [2.75, 3.05) is 0 Å². The topological polar surface area (TPSA) is 35.5 Å². The van der Waals surface area contributed by atoms with E-state index < -0.39 is 6.29 Å². The molecule has 3 heteroatoms. The van der Waals surface area contributed by atoms with Crippen molar-refractivity contribution in [1.82, 2.24) is 0 Å². The molecule has 0 spiro atoms. The van der Waals surface area contributed by atoms with Crippen LogP contribution in [0.1, 0.15) is 20.3 Å². The second-order valence-corrected chi connectivity index (χ2v) is 2.53. The lowest BCUT2D eigenvalue weighted by molar-refractivity contribution is -0.198. The summed E-state index contributed by atoms with van der Waals surface area (Å²) in [7, 11) is 0. The van der Waals surface area contributed by atoms with E-state index in [1.165, 1.54) is 0 Å². The molecule has 2 atom stereocenters. The fourth-order valence-electron chi connectivity index (χ4n) is 0.959. The van der Waals surface area contributed by atoms with Crippen molar-refractivity contribution < 1.29 is 14.3 Å². The van der Waals surface area contributed by atoms with Crippen LogP contribution in [0.5, 0.6) is 0 Å². The van der Waals surface area contributed by atoms with Gasteiger partial charge in [-0.2, -0.15) is 0 Å². The second kappa shape index (κ2) is 3.53. The third-order valence-electron chi connectivity index (χ3n) is 1.42. The molecule has 0 aromatic rings. The summed E-state index contributed by atoms with van der Waals surface area (Å²) in [5.74, 6) is -0.188. The second-order valence-electron chi connectivity index (χ2n) is 2.53. The van der Waals surface area contributed by atoms with Crippen molar-refractivity contribution >= 4 is 5.97 Å². The average molecular weight is 156 g/mol. The summed E-state index contributed by atoms with van der Waals surface area (Å²) in [5.41, 5.74) is 0. The van der Waals surface area contributed by atoms with Crippen LogP contribution < -0.4 is 0 Å². The Labute approximate surface area is 66.0 Å². The van der Waals surface area contributed by atoms with Crippen molar-refractivity contribution in [3.63, 3.8) is 0 Å². The molecule has 0 radical (unpaired) electrons. The van der Waals surface area contributed by atoms with Crippen molar-refractivity contribution in [2.24, 2.45) is 0 Å². The van der Waals surface area contributed by atoms with Gasteiger partial charge >= 0.3 is 5.97 Å². The zero-order valence-electron chi connectivity index (χ0n) is 6.74. The van der Waals surface area contributed by atoms with Crippen molar-refractivity contribution in [2.45, 2.75) is 32.7 Å². The van der Waals surface area contributed by atoms with E-state index in [-0.39, 0.29) is 12.1 Å². The number of ether oxygens (including phenoxy) is 2. The smallest absolute Gasteiger partial charge is 0.310 e. The summed E-state index contributed by atoms with van der Waals surface area (Å²) in [6.07, 6.45) is 3.37. The highest BCUT2D eigenvalue weighted by molar-refractivity contribution is 5.70. The Morgan fingerprint density at radius 1 is 1.64 bits per heavy atom. The minimum atomic E-state index is -0.476. The SMILES string of the molecule is CC=CC1OC(=O)CC(C)O1. The fourth-order valence-corrected chi connectivity index (χ4v) is 0.959. The maximum atomic E-state index is 10.8.